The first kappa shape index (κ1) is 19.2. The van der Waals surface area contributed by atoms with Crippen LogP contribution in [0, 0.1) is 11.2 Å². The number of H-pyrrole nitrogens is 1. The van der Waals surface area contributed by atoms with Gasteiger partial charge in [0.1, 0.15) is 12.1 Å². The molecular weight excluding hydrogens is 397 g/mol. The summed E-state index contributed by atoms with van der Waals surface area (Å²) in [5.74, 6) is -0.0961. The molecule has 1 atom stereocenters. The third-order valence-corrected chi connectivity index (χ3v) is 5.09. The Kier molecular flexibility index (Phi) is 4.89. The van der Waals surface area contributed by atoms with Crippen molar-refractivity contribution in [2.75, 3.05) is 11.9 Å². The van der Waals surface area contributed by atoms with E-state index in [0.29, 0.717) is 23.0 Å². The number of oxazole rings is 1. The second-order valence-electron chi connectivity index (χ2n) is 6.97. The lowest BCUT2D eigenvalue weighted by Gasteiger charge is -2.29. The van der Waals surface area contributed by atoms with Crippen molar-refractivity contribution in [2.24, 2.45) is 0 Å². The number of nitrogens with one attached hydrogen (secondary N) is 3. The fourth-order valence-electron chi connectivity index (χ4n) is 3.26. The second-order valence-corrected chi connectivity index (χ2v) is 7.41. The lowest BCUT2D eigenvalue weighted by atomic mass is 9.92. The fraction of sp³-hybridized carbons (Fsp3) is 0.200. The normalized spacial score (nSPS) is 13.5. The zero-order valence-electron chi connectivity index (χ0n) is 15.5. The summed E-state index contributed by atoms with van der Waals surface area (Å²) in [6.07, 6.45) is 3.13. The molecule has 0 aliphatic carbocycles. The lowest BCUT2D eigenvalue weighted by molar-refractivity contribution is 0.220. The Labute approximate surface area is 170 Å². The molecule has 4 rings (SSSR count). The number of fused-ring (bicyclic) bond motifs is 1. The molecule has 0 aliphatic heterocycles. The Morgan fingerprint density at radius 3 is 2.93 bits per heavy atom. The van der Waals surface area contributed by atoms with Gasteiger partial charge in [-0.3, -0.25) is 9.98 Å². The van der Waals surface area contributed by atoms with E-state index in [0.717, 1.165) is 11.1 Å². The highest BCUT2D eigenvalue weighted by Gasteiger charge is 2.30. The van der Waals surface area contributed by atoms with Crippen molar-refractivity contribution in [3.8, 4) is 0 Å². The van der Waals surface area contributed by atoms with E-state index in [9.17, 15) is 9.50 Å². The predicted octanol–water partition coefficient (Wildman–Crippen LogP) is 3.60. The number of nitrogens with zero attached hydrogens (tertiary/aromatic N) is 2. The van der Waals surface area contributed by atoms with Crippen LogP contribution in [0.25, 0.3) is 11.0 Å². The molecule has 29 heavy (non-hydrogen) atoms. The number of imidazole rings is 1. The zero-order chi connectivity index (χ0) is 20.6. The molecular formula is C20H19ClFN5O2. The minimum atomic E-state index is -1.14. The van der Waals surface area contributed by atoms with Gasteiger partial charge < -0.3 is 19.8 Å². The van der Waals surface area contributed by atoms with Gasteiger partial charge in [0.05, 0.1) is 29.7 Å². The Morgan fingerprint density at radius 2 is 2.21 bits per heavy atom. The molecule has 4 aromatic rings. The van der Waals surface area contributed by atoms with Crippen molar-refractivity contribution >= 4 is 28.6 Å². The van der Waals surface area contributed by atoms with Crippen LogP contribution in [0.2, 0.25) is 5.02 Å². The van der Waals surface area contributed by atoms with Crippen molar-refractivity contribution in [1.29, 1.82) is 5.41 Å². The number of benzene rings is 2. The van der Waals surface area contributed by atoms with Gasteiger partial charge in [0, 0.05) is 16.8 Å². The summed E-state index contributed by atoms with van der Waals surface area (Å²) < 4.78 is 21.1. The maximum absolute atomic E-state index is 14.4. The molecule has 0 aliphatic rings. The number of aliphatic hydroxyl groups is 1. The second kappa shape index (κ2) is 7.38. The standard InChI is InChI=1S/C20H19ClFN5O2/c1-20(11-28,14-9-13(21)5-6-15(14)22)26-19-24-16-4-2-3-12(17(16)25-19)10-27-7-8-29-18(27)23/h2-9,23,28H,10-11H2,1H3,(H2,24,25,26). The van der Waals surface area contributed by atoms with Gasteiger partial charge in [-0.25, -0.2) is 9.37 Å². The molecule has 7 nitrogen and oxygen atoms in total. The van der Waals surface area contributed by atoms with Crippen LogP contribution in [0.3, 0.4) is 0 Å². The van der Waals surface area contributed by atoms with E-state index in [2.05, 4.69) is 15.3 Å². The van der Waals surface area contributed by atoms with Crippen molar-refractivity contribution in [3.63, 3.8) is 0 Å². The number of hydrogen-bond donors (Lipinski definition) is 4. The summed E-state index contributed by atoms with van der Waals surface area (Å²) in [6.45, 7) is 1.71. The topological polar surface area (TPSA) is 103 Å². The Bertz CT molecular complexity index is 1230. The quantitative estimate of drug-likeness (QED) is 0.386. The highest BCUT2D eigenvalue weighted by Crippen LogP contribution is 2.30. The number of anilines is 1. The Balaban J connectivity index is 1.71. The van der Waals surface area contributed by atoms with E-state index >= 15 is 0 Å². The van der Waals surface area contributed by atoms with E-state index in [4.69, 9.17) is 21.4 Å². The highest BCUT2D eigenvalue weighted by molar-refractivity contribution is 6.30. The van der Waals surface area contributed by atoms with Gasteiger partial charge in [-0.2, -0.15) is 0 Å². The molecule has 9 heteroatoms. The maximum atomic E-state index is 14.4. The van der Waals surface area contributed by atoms with E-state index in [1.165, 1.54) is 24.5 Å². The molecule has 0 saturated carbocycles. The van der Waals surface area contributed by atoms with Crippen LogP contribution < -0.4 is 11.0 Å². The average molecular weight is 416 g/mol. The first-order chi connectivity index (χ1) is 13.9. The first-order valence-corrected chi connectivity index (χ1v) is 9.28. The number of aliphatic hydroxyl groups excluding tert-OH is 1. The van der Waals surface area contributed by atoms with Crippen LogP contribution in [0.4, 0.5) is 10.3 Å². The van der Waals surface area contributed by atoms with Gasteiger partial charge >= 0.3 is 0 Å². The minimum absolute atomic E-state index is 0.0418. The SMILES string of the molecule is CC(CO)(Nc1nc2c(Cn3ccoc3=N)cccc2[nH]1)c1cc(Cl)ccc1F. The summed E-state index contributed by atoms with van der Waals surface area (Å²) in [5, 5.41) is 21.2. The highest BCUT2D eigenvalue weighted by atomic mass is 35.5. The van der Waals surface area contributed by atoms with Gasteiger partial charge in [0.2, 0.25) is 5.95 Å². The summed E-state index contributed by atoms with van der Waals surface area (Å²) in [5.41, 5.74) is 1.49. The van der Waals surface area contributed by atoms with Gasteiger partial charge in [0.25, 0.3) is 5.68 Å². The third kappa shape index (κ3) is 3.64. The molecule has 2 aromatic carbocycles. The third-order valence-electron chi connectivity index (χ3n) is 4.85. The van der Waals surface area contributed by atoms with Crippen LogP contribution in [0.15, 0.2) is 53.3 Å². The van der Waals surface area contributed by atoms with Crippen molar-refractivity contribution < 1.29 is 13.9 Å². The van der Waals surface area contributed by atoms with Gasteiger partial charge in [-0.05, 0) is 36.8 Å². The van der Waals surface area contributed by atoms with Gasteiger partial charge in [-0.15, -0.1) is 0 Å². The largest absolute Gasteiger partial charge is 0.432 e. The molecule has 2 aromatic heterocycles. The summed E-state index contributed by atoms with van der Waals surface area (Å²) in [4.78, 5) is 7.75. The fourth-order valence-corrected chi connectivity index (χ4v) is 3.44. The monoisotopic (exact) mass is 415 g/mol. The number of rotatable bonds is 6. The summed E-state index contributed by atoms with van der Waals surface area (Å²) in [6, 6.07) is 9.87. The van der Waals surface area contributed by atoms with E-state index in [-0.39, 0.29) is 17.9 Å². The summed E-state index contributed by atoms with van der Waals surface area (Å²) >= 11 is 6.02. The molecule has 2 heterocycles. The number of hydrogen-bond acceptors (Lipinski definition) is 5. The van der Waals surface area contributed by atoms with Gasteiger partial charge in [-0.1, -0.05) is 23.7 Å². The van der Waals surface area contributed by atoms with Crippen LogP contribution in [-0.2, 0) is 12.1 Å². The van der Waals surface area contributed by atoms with E-state index in [1.807, 2.05) is 18.2 Å². The van der Waals surface area contributed by atoms with Crippen LogP contribution in [0.1, 0.15) is 18.1 Å². The molecule has 0 saturated heterocycles. The average Bonchev–Trinajstić information content (AvgIpc) is 3.29. The molecule has 0 spiro atoms. The smallest absolute Gasteiger partial charge is 0.293 e. The molecule has 150 valence electrons. The molecule has 0 fully saturated rings. The Hall–Kier alpha value is -3.10. The Morgan fingerprint density at radius 1 is 1.38 bits per heavy atom. The van der Waals surface area contributed by atoms with E-state index < -0.39 is 11.4 Å². The van der Waals surface area contributed by atoms with Crippen molar-refractivity contribution in [2.45, 2.75) is 19.0 Å². The molecule has 0 bridgehead atoms. The number of aromatic amines is 1. The molecule has 1 unspecified atom stereocenters. The number of para-hydroxylation sites is 1. The summed E-state index contributed by atoms with van der Waals surface area (Å²) in [7, 11) is 0. The van der Waals surface area contributed by atoms with Crippen LogP contribution >= 0.6 is 11.6 Å². The number of halogens is 2. The van der Waals surface area contributed by atoms with Crippen molar-refractivity contribution in [3.05, 3.63) is 76.5 Å². The first-order valence-electron chi connectivity index (χ1n) is 8.90. The van der Waals surface area contributed by atoms with E-state index in [1.54, 1.807) is 17.7 Å². The van der Waals surface area contributed by atoms with Gasteiger partial charge in [0.15, 0.2) is 0 Å². The van der Waals surface area contributed by atoms with Crippen LogP contribution in [-0.4, -0.2) is 26.2 Å². The zero-order valence-corrected chi connectivity index (χ0v) is 16.3. The molecule has 0 radical (unpaired) electrons. The van der Waals surface area contributed by atoms with Crippen LogP contribution in [0.5, 0.6) is 0 Å². The van der Waals surface area contributed by atoms with Crippen molar-refractivity contribution in [1.82, 2.24) is 14.5 Å². The number of aromatic nitrogens is 3. The lowest BCUT2D eigenvalue weighted by Crippen LogP contribution is -2.37. The maximum Gasteiger partial charge on any atom is 0.293 e. The minimum Gasteiger partial charge on any atom is -0.432 e. The predicted molar refractivity (Wildman–Crippen MR) is 107 cm³/mol. The molecule has 0 amide bonds. The molecule has 4 N–H and O–H groups in total.